The largest absolute Gasteiger partial charge is 0.303 e. The lowest BCUT2D eigenvalue weighted by molar-refractivity contribution is -0.108. The molecule has 100 valence electrons. The monoisotopic (exact) mass is 269 g/mol. The molecular weight excluding hydrogens is 250 g/mol. The van der Waals surface area contributed by atoms with Crippen LogP contribution in [0.1, 0.15) is 24.8 Å². The normalized spacial score (nSPS) is 15.3. The van der Waals surface area contributed by atoms with Crippen LogP contribution in [0.15, 0.2) is 30.3 Å². The number of carbonyl (C=O) groups excluding carboxylic acids is 1. The molecule has 0 aliphatic heterocycles. The van der Waals surface area contributed by atoms with Gasteiger partial charge in [0.25, 0.3) is 0 Å². The molecule has 2 unspecified atom stereocenters. The summed E-state index contributed by atoms with van der Waals surface area (Å²) < 4.78 is 25.5. The van der Waals surface area contributed by atoms with Crippen LogP contribution in [0.25, 0.3) is 0 Å². The SMILES string of the molecule is CC(C(CC=O)c1ccccc1)S(=O)(=O)N(C)C. The Morgan fingerprint density at radius 2 is 1.78 bits per heavy atom. The van der Waals surface area contributed by atoms with Crippen LogP contribution in [0.4, 0.5) is 0 Å². The number of rotatable bonds is 6. The first-order chi connectivity index (χ1) is 8.41. The molecule has 0 spiro atoms. The second kappa shape index (κ2) is 6.11. The van der Waals surface area contributed by atoms with E-state index in [9.17, 15) is 13.2 Å². The summed E-state index contributed by atoms with van der Waals surface area (Å²) in [5, 5.41) is -0.625. The molecule has 4 nitrogen and oxygen atoms in total. The molecule has 1 aromatic rings. The number of nitrogens with zero attached hydrogens (tertiary/aromatic N) is 1. The highest BCUT2D eigenvalue weighted by Crippen LogP contribution is 2.28. The Morgan fingerprint density at radius 3 is 2.22 bits per heavy atom. The van der Waals surface area contributed by atoms with Crippen molar-refractivity contribution in [1.82, 2.24) is 4.31 Å². The Morgan fingerprint density at radius 1 is 1.22 bits per heavy atom. The zero-order valence-corrected chi connectivity index (χ0v) is 11.7. The first-order valence-corrected chi connectivity index (χ1v) is 7.31. The van der Waals surface area contributed by atoms with Gasteiger partial charge in [-0.25, -0.2) is 12.7 Å². The van der Waals surface area contributed by atoms with Crippen molar-refractivity contribution in [3.63, 3.8) is 0 Å². The molecule has 0 amide bonds. The van der Waals surface area contributed by atoms with Gasteiger partial charge in [0.05, 0.1) is 5.25 Å². The van der Waals surface area contributed by atoms with E-state index < -0.39 is 15.3 Å². The predicted octanol–water partition coefficient (Wildman–Crippen LogP) is 1.64. The van der Waals surface area contributed by atoms with Crippen molar-refractivity contribution < 1.29 is 13.2 Å². The maximum atomic E-state index is 12.1. The van der Waals surface area contributed by atoms with Gasteiger partial charge in [0.2, 0.25) is 10.0 Å². The highest BCUT2D eigenvalue weighted by molar-refractivity contribution is 7.89. The summed E-state index contributed by atoms with van der Waals surface area (Å²) in [6, 6.07) is 9.28. The second-order valence-electron chi connectivity index (χ2n) is 4.45. The van der Waals surface area contributed by atoms with Gasteiger partial charge in [0.15, 0.2) is 0 Å². The highest BCUT2D eigenvalue weighted by Gasteiger charge is 2.31. The molecule has 0 radical (unpaired) electrons. The van der Waals surface area contributed by atoms with Crippen LogP contribution in [-0.4, -0.2) is 38.4 Å². The average molecular weight is 269 g/mol. The summed E-state index contributed by atoms with van der Waals surface area (Å²) in [7, 11) is -0.355. The van der Waals surface area contributed by atoms with Gasteiger partial charge in [-0.2, -0.15) is 0 Å². The van der Waals surface area contributed by atoms with Gasteiger partial charge < -0.3 is 4.79 Å². The lowest BCUT2D eigenvalue weighted by Gasteiger charge is -2.25. The molecule has 0 aliphatic carbocycles. The maximum Gasteiger partial charge on any atom is 0.216 e. The Balaban J connectivity index is 3.11. The fraction of sp³-hybridized carbons (Fsp3) is 0.462. The number of hydrogen-bond donors (Lipinski definition) is 0. The van der Waals surface area contributed by atoms with Gasteiger partial charge in [-0.1, -0.05) is 30.3 Å². The van der Waals surface area contributed by atoms with E-state index in [1.165, 1.54) is 18.4 Å². The van der Waals surface area contributed by atoms with E-state index in [0.29, 0.717) is 0 Å². The molecule has 0 heterocycles. The minimum Gasteiger partial charge on any atom is -0.303 e. The van der Waals surface area contributed by atoms with Crippen LogP contribution in [0.2, 0.25) is 0 Å². The Hall–Kier alpha value is -1.20. The minimum atomic E-state index is -3.37. The lowest BCUT2D eigenvalue weighted by Crippen LogP contribution is -2.35. The van der Waals surface area contributed by atoms with E-state index in [-0.39, 0.29) is 12.3 Å². The Labute approximate surface area is 109 Å². The molecule has 1 rings (SSSR count). The van der Waals surface area contributed by atoms with Crippen LogP contribution in [-0.2, 0) is 14.8 Å². The molecule has 18 heavy (non-hydrogen) atoms. The van der Waals surface area contributed by atoms with Gasteiger partial charge in [-0.05, 0) is 12.5 Å². The molecule has 0 bridgehead atoms. The van der Waals surface area contributed by atoms with Crippen molar-refractivity contribution in [2.45, 2.75) is 24.5 Å². The smallest absolute Gasteiger partial charge is 0.216 e. The van der Waals surface area contributed by atoms with Crippen LogP contribution < -0.4 is 0 Å². The topological polar surface area (TPSA) is 54.5 Å². The second-order valence-corrected chi connectivity index (χ2v) is 6.96. The van der Waals surface area contributed by atoms with Gasteiger partial charge >= 0.3 is 0 Å². The summed E-state index contributed by atoms with van der Waals surface area (Å²) in [4.78, 5) is 10.8. The summed E-state index contributed by atoms with van der Waals surface area (Å²) in [6.07, 6.45) is 0.984. The molecule has 1 aromatic carbocycles. The number of aldehydes is 1. The van der Waals surface area contributed by atoms with Crippen molar-refractivity contribution in [2.24, 2.45) is 0 Å². The quantitative estimate of drug-likeness (QED) is 0.738. The molecular formula is C13H19NO3S. The molecule has 0 aliphatic rings. The Bertz CT molecular complexity index is 482. The average Bonchev–Trinajstić information content (AvgIpc) is 2.36. The van der Waals surface area contributed by atoms with E-state index in [0.717, 1.165) is 11.8 Å². The van der Waals surface area contributed by atoms with Gasteiger partial charge in [0.1, 0.15) is 6.29 Å². The van der Waals surface area contributed by atoms with Crippen molar-refractivity contribution in [3.8, 4) is 0 Å². The number of carbonyl (C=O) groups is 1. The predicted molar refractivity (Wildman–Crippen MR) is 71.9 cm³/mol. The van der Waals surface area contributed by atoms with Gasteiger partial charge in [-0.3, -0.25) is 0 Å². The van der Waals surface area contributed by atoms with Crippen LogP contribution in [0.3, 0.4) is 0 Å². The standard InChI is InChI=1S/C13H19NO3S/c1-11(18(16,17)14(2)3)13(9-10-15)12-7-5-4-6-8-12/h4-8,10-11,13H,9H2,1-3H3. The molecule has 5 heteroatoms. The van der Waals surface area contributed by atoms with E-state index in [2.05, 4.69) is 0 Å². The fourth-order valence-electron chi connectivity index (χ4n) is 1.94. The molecule has 0 saturated heterocycles. The van der Waals surface area contributed by atoms with Gasteiger partial charge in [0, 0.05) is 26.4 Å². The summed E-state index contributed by atoms with van der Waals surface area (Å²) in [5.74, 6) is -0.309. The van der Waals surface area contributed by atoms with Crippen molar-refractivity contribution in [1.29, 1.82) is 0 Å². The molecule has 0 aromatic heterocycles. The van der Waals surface area contributed by atoms with E-state index in [1.54, 1.807) is 6.92 Å². The first kappa shape index (κ1) is 14.9. The van der Waals surface area contributed by atoms with E-state index >= 15 is 0 Å². The van der Waals surface area contributed by atoms with Crippen LogP contribution >= 0.6 is 0 Å². The fourth-order valence-corrected chi connectivity index (χ4v) is 3.29. The number of benzene rings is 1. The number of hydrogen-bond acceptors (Lipinski definition) is 3. The Kier molecular flexibility index (Phi) is 5.04. The van der Waals surface area contributed by atoms with E-state index in [4.69, 9.17) is 0 Å². The molecule has 0 saturated carbocycles. The summed E-state index contributed by atoms with van der Waals surface area (Å²) in [5.41, 5.74) is 0.877. The van der Waals surface area contributed by atoms with E-state index in [1.807, 2.05) is 30.3 Å². The third-order valence-corrected chi connectivity index (χ3v) is 5.41. The summed E-state index contributed by atoms with van der Waals surface area (Å²) in [6.45, 7) is 1.65. The van der Waals surface area contributed by atoms with Gasteiger partial charge in [-0.15, -0.1) is 0 Å². The molecule has 0 N–H and O–H groups in total. The van der Waals surface area contributed by atoms with Crippen LogP contribution in [0, 0.1) is 0 Å². The number of sulfonamides is 1. The zero-order chi connectivity index (χ0) is 13.8. The lowest BCUT2D eigenvalue weighted by atomic mass is 9.93. The highest BCUT2D eigenvalue weighted by atomic mass is 32.2. The zero-order valence-electron chi connectivity index (χ0n) is 10.9. The van der Waals surface area contributed by atoms with Crippen LogP contribution in [0.5, 0.6) is 0 Å². The third-order valence-electron chi connectivity index (χ3n) is 3.12. The summed E-state index contributed by atoms with van der Waals surface area (Å²) >= 11 is 0. The van der Waals surface area contributed by atoms with Crippen molar-refractivity contribution in [3.05, 3.63) is 35.9 Å². The van der Waals surface area contributed by atoms with Crippen molar-refractivity contribution in [2.75, 3.05) is 14.1 Å². The van der Waals surface area contributed by atoms with Crippen molar-refractivity contribution >= 4 is 16.3 Å². The maximum absolute atomic E-state index is 12.1. The molecule has 2 atom stereocenters. The minimum absolute atomic E-state index is 0.207. The molecule has 0 fully saturated rings. The third kappa shape index (κ3) is 3.17. The first-order valence-electron chi connectivity index (χ1n) is 5.81.